The lowest BCUT2D eigenvalue weighted by atomic mass is 10.3. The third-order valence-corrected chi connectivity index (χ3v) is 3.90. The van der Waals surface area contributed by atoms with E-state index in [1.165, 1.54) is 0 Å². The molecule has 0 aliphatic heterocycles. The zero-order valence-corrected chi connectivity index (χ0v) is 13.4. The summed E-state index contributed by atoms with van der Waals surface area (Å²) in [4.78, 5) is 4.32. The van der Waals surface area contributed by atoms with Gasteiger partial charge in [-0.25, -0.2) is 4.98 Å². The Hall–Kier alpha value is -0.780. The SMILES string of the molecule is CC(C)NCc1ccc(CSc2ccc(Br)cn2)o1. The van der Waals surface area contributed by atoms with Crippen molar-refractivity contribution in [2.45, 2.75) is 37.2 Å². The van der Waals surface area contributed by atoms with Crippen molar-refractivity contribution in [1.82, 2.24) is 10.3 Å². The van der Waals surface area contributed by atoms with Crippen LogP contribution in [0.15, 0.2) is 44.4 Å². The minimum Gasteiger partial charge on any atom is -0.464 e. The van der Waals surface area contributed by atoms with Crippen LogP contribution in [-0.4, -0.2) is 11.0 Å². The van der Waals surface area contributed by atoms with Gasteiger partial charge in [0.25, 0.3) is 0 Å². The molecular weight excluding hydrogens is 324 g/mol. The van der Waals surface area contributed by atoms with Crippen molar-refractivity contribution >= 4 is 27.7 Å². The summed E-state index contributed by atoms with van der Waals surface area (Å²) in [6, 6.07) is 8.52. The molecule has 0 unspecified atom stereocenters. The summed E-state index contributed by atoms with van der Waals surface area (Å²) < 4.78 is 6.76. The first-order valence-electron chi connectivity index (χ1n) is 6.19. The molecule has 0 radical (unpaired) electrons. The molecule has 102 valence electrons. The van der Waals surface area contributed by atoms with Gasteiger partial charge in [0.15, 0.2) is 0 Å². The molecular formula is C14H17BrN2OS. The van der Waals surface area contributed by atoms with Crippen molar-refractivity contribution in [2.75, 3.05) is 0 Å². The van der Waals surface area contributed by atoms with E-state index >= 15 is 0 Å². The maximum atomic E-state index is 5.76. The number of halogens is 1. The number of furan rings is 1. The van der Waals surface area contributed by atoms with Gasteiger partial charge in [-0.3, -0.25) is 0 Å². The highest BCUT2D eigenvalue weighted by Crippen LogP contribution is 2.23. The summed E-state index contributed by atoms with van der Waals surface area (Å²) in [5, 5.41) is 4.34. The molecule has 0 fully saturated rings. The number of nitrogens with zero attached hydrogens (tertiary/aromatic N) is 1. The van der Waals surface area contributed by atoms with E-state index in [1.807, 2.05) is 30.5 Å². The molecule has 2 rings (SSSR count). The van der Waals surface area contributed by atoms with Crippen LogP contribution < -0.4 is 5.32 Å². The summed E-state index contributed by atoms with van der Waals surface area (Å²) in [7, 11) is 0. The summed E-state index contributed by atoms with van der Waals surface area (Å²) >= 11 is 5.05. The lowest BCUT2D eigenvalue weighted by molar-refractivity contribution is 0.445. The Morgan fingerprint density at radius 1 is 1.26 bits per heavy atom. The molecule has 0 bridgehead atoms. The minimum atomic E-state index is 0.467. The quantitative estimate of drug-likeness (QED) is 0.798. The van der Waals surface area contributed by atoms with E-state index < -0.39 is 0 Å². The van der Waals surface area contributed by atoms with Crippen LogP contribution in [-0.2, 0) is 12.3 Å². The molecule has 2 aromatic heterocycles. The molecule has 3 nitrogen and oxygen atoms in total. The average molecular weight is 341 g/mol. The molecule has 0 saturated carbocycles. The Bertz CT molecular complexity index is 510. The fourth-order valence-electron chi connectivity index (χ4n) is 1.49. The Kier molecular flexibility index (Phi) is 5.48. The predicted octanol–water partition coefficient (Wildman–Crippen LogP) is 4.23. The third-order valence-electron chi connectivity index (χ3n) is 2.46. The molecule has 1 N–H and O–H groups in total. The summed E-state index contributed by atoms with van der Waals surface area (Å²) in [5.41, 5.74) is 0. The van der Waals surface area contributed by atoms with E-state index in [2.05, 4.69) is 40.1 Å². The monoisotopic (exact) mass is 340 g/mol. The second kappa shape index (κ2) is 7.12. The number of hydrogen-bond acceptors (Lipinski definition) is 4. The first kappa shape index (κ1) is 14.6. The molecule has 0 aliphatic rings. The van der Waals surface area contributed by atoms with Crippen molar-refractivity contribution in [2.24, 2.45) is 0 Å². The number of rotatable bonds is 6. The smallest absolute Gasteiger partial charge is 0.118 e. The zero-order valence-electron chi connectivity index (χ0n) is 11.0. The zero-order chi connectivity index (χ0) is 13.7. The van der Waals surface area contributed by atoms with Crippen molar-refractivity contribution in [3.63, 3.8) is 0 Å². The molecule has 0 atom stereocenters. The molecule has 2 aromatic rings. The van der Waals surface area contributed by atoms with E-state index in [1.54, 1.807) is 11.8 Å². The van der Waals surface area contributed by atoms with E-state index in [4.69, 9.17) is 4.42 Å². The topological polar surface area (TPSA) is 38.1 Å². The molecule has 0 spiro atoms. The van der Waals surface area contributed by atoms with Crippen LogP contribution in [0, 0.1) is 0 Å². The lowest BCUT2D eigenvalue weighted by Gasteiger charge is -2.05. The highest BCUT2D eigenvalue weighted by atomic mass is 79.9. The fourth-order valence-corrected chi connectivity index (χ4v) is 2.46. The van der Waals surface area contributed by atoms with Crippen LogP contribution in [0.3, 0.4) is 0 Å². The normalized spacial score (nSPS) is 11.2. The second-order valence-corrected chi connectivity index (χ2v) is 6.42. The standard InChI is InChI=1S/C14H17BrN2OS/c1-10(2)16-8-12-4-5-13(18-12)9-19-14-6-3-11(15)7-17-14/h3-7,10,16H,8-9H2,1-2H3. The largest absolute Gasteiger partial charge is 0.464 e. The molecule has 5 heteroatoms. The van der Waals surface area contributed by atoms with Gasteiger partial charge >= 0.3 is 0 Å². The Morgan fingerprint density at radius 2 is 2.05 bits per heavy atom. The molecule has 0 aromatic carbocycles. The van der Waals surface area contributed by atoms with E-state index in [-0.39, 0.29) is 0 Å². The van der Waals surface area contributed by atoms with Crippen LogP contribution in [0.1, 0.15) is 25.4 Å². The Morgan fingerprint density at radius 3 is 2.74 bits per heavy atom. The maximum Gasteiger partial charge on any atom is 0.118 e. The van der Waals surface area contributed by atoms with Crippen LogP contribution >= 0.6 is 27.7 Å². The Balaban J connectivity index is 1.84. The van der Waals surface area contributed by atoms with Gasteiger partial charge in [0, 0.05) is 16.7 Å². The van der Waals surface area contributed by atoms with Crippen LogP contribution in [0.4, 0.5) is 0 Å². The Labute approximate surface area is 126 Å². The average Bonchev–Trinajstić information content (AvgIpc) is 2.84. The predicted molar refractivity (Wildman–Crippen MR) is 82.2 cm³/mol. The maximum absolute atomic E-state index is 5.76. The van der Waals surface area contributed by atoms with Crippen LogP contribution in [0.5, 0.6) is 0 Å². The summed E-state index contributed by atoms with van der Waals surface area (Å²) in [5.74, 6) is 2.76. The number of pyridine rings is 1. The summed E-state index contributed by atoms with van der Waals surface area (Å²) in [6.07, 6.45) is 1.81. The van der Waals surface area contributed by atoms with E-state index in [9.17, 15) is 0 Å². The van der Waals surface area contributed by atoms with Gasteiger partial charge in [0.05, 0.1) is 17.3 Å². The second-order valence-electron chi connectivity index (χ2n) is 4.51. The van der Waals surface area contributed by atoms with Gasteiger partial charge in [-0.05, 0) is 40.2 Å². The van der Waals surface area contributed by atoms with Gasteiger partial charge in [-0.15, -0.1) is 0 Å². The highest BCUT2D eigenvalue weighted by molar-refractivity contribution is 9.10. The van der Waals surface area contributed by atoms with Crippen LogP contribution in [0.2, 0.25) is 0 Å². The van der Waals surface area contributed by atoms with Gasteiger partial charge < -0.3 is 9.73 Å². The number of nitrogens with one attached hydrogen (secondary N) is 1. The van der Waals surface area contributed by atoms with Gasteiger partial charge in [-0.2, -0.15) is 0 Å². The molecule has 2 heterocycles. The molecule has 0 saturated heterocycles. The number of thioether (sulfide) groups is 1. The van der Waals surface area contributed by atoms with E-state index in [0.29, 0.717) is 6.04 Å². The first-order chi connectivity index (χ1) is 9.13. The van der Waals surface area contributed by atoms with Crippen LogP contribution in [0.25, 0.3) is 0 Å². The van der Waals surface area contributed by atoms with Crippen molar-refractivity contribution < 1.29 is 4.42 Å². The first-order valence-corrected chi connectivity index (χ1v) is 7.96. The fraction of sp³-hybridized carbons (Fsp3) is 0.357. The van der Waals surface area contributed by atoms with Crippen molar-refractivity contribution in [3.8, 4) is 0 Å². The molecule has 0 amide bonds. The van der Waals surface area contributed by atoms with Crippen molar-refractivity contribution in [1.29, 1.82) is 0 Å². The van der Waals surface area contributed by atoms with Gasteiger partial charge in [0.2, 0.25) is 0 Å². The summed E-state index contributed by atoms with van der Waals surface area (Å²) in [6.45, 7) is 5.02. The lowest BCUT2D eigenvalue weighted by Crippen LogP contribution is -2.21. The minimum absolute atomic E-state index is 0.467. The molecule has 19 heavy (non-hydrogen) atoms. The molecule has 0 aliphatic carbocycles. The number of hydrogen-bond donors (Lipinski definition) is 1. The van der Waals surface area contributed by atoms with Gasteiger partial charge in [0.1, 0.15) is 11.5 Å². The highest BCUT2D eigenvalue weighted by Gasteiger charge is 2.04. The number of aromatic nitrogens is 1. The van der Waals surface area contributed by atoms with Crippen molar-refractivity contribution in [3.05, 3.63) is 46.5 Å². The van der Waals surface area contributed by atoms with Gasteiger partial charge in [-0.1, -0.05) is 25.6 Å². The third kappa shape index (κ3) is 5.01. The van der Waals surface area contributed by atoms with E-state index in [0.717, 1.165) is 33.3 Å².